The van der Waals surface area contributed by atoms with Crippen LogP contribution in [0.15, 0.2) is 262 Å². The zero-order valence-electron chi connectivity index (χ0n) is 99.1. The molecule has 0 bridgehead atoms. The summed E-state index contributed by atoms with van der Waals surface area (Å²) in [7, 11) is 2.54. The van der Waals surface area contributed by atoms with Crippen molar-refractivity contribution in [2.75, 3.05) is 0 Å². The molecule has 714 valence electrons. The molecule has 9 heterocycles. The molecule has 1 unspecified atom stereocenters. The third-order valence-corrected chi connectivity index (χ3v) is 47.7. The summed E-state index contributed by atoms with van der Waals surface area (Å²) in [4.78, 5) is 0. The van der Waals surface area contributed by atoms with Crippen molar-refractivity contribution in [3.63, 3.8) is 0 Å². The second-order valence-electron chi connectivity index (χ2n) is 46.7. The van der Waals surface area contributed by atoms with Crippen LogP contribution in [0.3, 0.4) is 0 Å². The fourth-order valence-electron chi connectivity index (χ4n) is 25.4. The third-order valence-electron chi connectivity index (χ3n) is 33.5. The molecule has 20 rings (SSSR count). The van der Waals surface area contributed by atoms with Gasteiger partial charge in [0.25, 0.3) is 0 Å². The number of aryl methyl sites for hydroxylation is 16. The predicted molar refractivity (Wildman–Crippen MR) is 603 cm³/mol. The van der Waals surface area contributed by atoms with Crippen LogP contribution in [-0.4, -0.2) is 32.3 Å². The lowest BCUT2D eigenvalue weighted by atomic mass is 9.58. The van der Waals surface area contributed by atoms with Gasteiger partial charge in [0.2, 0.25) is 28.5 Å². The normalized spacial score (nSPS) is 17.9. The van der Waals surface area contributed by atoms with Crippen LogP contribution in [0.25, 0.3) is 56.3 Å². The highest BCUT2D eigenvalue weighted by atomic mass is 28.3. The molecule has 10 aromatic carbocycles. The second-order valence-corrected chi connectivity index (χ2v) is 63.8. The number of fused-ring (bicyclic) bond motifs is 10. The Morgan fingerprint density at radius 2 is 0.511 bits per heavy atom. The summed E-state index contributed by atoms with van der Waals surface area (Å²) in [5, 5.41) is 12.2. The summed E-state index contributed by atoms with van der Waals surface area (Å²) < 4.78 is 81.2. The van der Waals surface area contributed by atoms with Gasteiger partial charge in [-0.2, -0.15) is 0 Å². The Labute approximate surface area is 853 Å². The average molecular weight is 1910 g/mol. The lowest BCUT2D eigenvalue weighted by Crippen LogP contribution is -2.63. The molecule has 0 amide bonds. The van der Waals surface area contributed by atoms with E-state index in [0.717, 1.165) is 28.2 Å². The maximum Gasteiger partial charge on any atom is 0.212 e. The van der Waals surface area contributed by atoms with E-state index in [1.807, 2.05) is 55.5 Å². The van der Waals surface area contributed by atoms with Crippen molar-refractivity contribution in [3.05, 3.63) is 395 Å². The van der Waals surface area contributed by atoms with Gasteiger partial charge >= 0.3 is 0 Å². The van der Waals surface area contributed by atoms with E-state index in [9.17, 15) is 0 Å². The summed E-state index contributed by atoms with van der Waals surface area (Å²) in [5.41, 5.74) is 42.8. The molecule has 1 atom stereocenters. The van der Waals surface area contributed by atoms with Crippen LogP contribution in [0.4, 0.5) is 0 Å². The van der Waals surface area contributed by atoms with E-state index in [1.165, 1.54) is 182 Å². The molecule has 139 heavy (non-hydrogen) atoms. The van der Waals surface area contributed by atoms with Crippen LogP contribution in [-0.2, 0) is 67.7 Å². The lowest BCUT2D eigenvalue weighted by Gasteiger charge is -2.45. The van der Waals surface area contributed by atoms with Crippen molar-refractivity contribution >= 4 is 73.8 Å². The fourth-order valence-corrected chi connectivity index (χ4v) is 40.9. The maximum absolute atomic E-state index is 7.90. The van der Waals surface area contributed by atoms with Crippen molar-refractivity contribution < 1.29 is 35.2 Å². The average Bonchev–Trinajstić information content (AvgIpc) is 0.725. The van der Waals surface area contributed by atoms with Gasteiger partial charge in [0.15, 0.2) is 31.0 Å². The predicted octanol–water partition coefficient (Wildman–Crippen LogP) is 24.2. The van der Waals surface area contributed by atoms with Crippen molar-refractivity contribution in [2.45, 2.75) is 264 Å². The van der Waals surface area contributed by atoms with Crippen molar-refractivity contribution in [2.24, 2.45) is 35.2 Å². The van der Waals surface area contributed by atoms with E-state index in [-0.39, 0.29) is 32.5 Å². The van der Waals surface area contributed by atoms with Crippen molar-refractivity contribution in [1.29, 1.82) is 0 Å². The molecule has 1 aliphatic carbocycles. The monoisotopic (exact) mass is 1910 g/mol. The Hall–Kier alpha value is -11.2. The van der Waals surface area contributed by atoms with Gasteiger partial charge in [-0.25, -0.2) is 22.8 Å². The number of hydrogen-bond donors (Lipinski definition) is 0. The number of nitrogens with zero attached hydrogens (tertiary/aromatic N) is 5. The van der Waals surface area contributed by atoms with E-state index in [0.29, 0.717) is 11.1 Å². The Bertz CT molecular complexity index is 7870. The second kappa shape index (κ2) is 36.1. The largest absolute Gasteiger partial charge is 0.212 e. The molecule has 5 nitrogen and oxygen atoms in total. The first-order valence-corrected chi connectivity index (χ1v) is 62.3. The topological polar surface area (TPSA) is 19.4 Å². The van der Waals surface area contributed by atoms with Gasteiger partial charge < -0.3 is 0 Å². The number of rotatable bonds is 6. The van der Waals surface area contributed by atoms with E-state index in [2.05, 4.69) is 443 Å². The van der Waals surface area contributed by atoms with Crippen LogP contribution in [0, 0.1) is 76.0 Å². The molecule has 0 saturated carbocycles. The van der Waals surface area contributed by atoms with Crippen molar-refractivity contribution in [1.82, 2.24) is 0 Å². The quantitative estimate of drug-likeness (QED) is 0.117. The molecule has 0 N–H and O–H groups in total. The van der Waals surface area contributed by atoms with E-state index >= 15 is 0 Å². The Morgan fingerprint density at radius 3 is 0.856 bits per heavy atom. The summed E-state index contributed by atoms with van der Waals surface area (Å²) in [5.74, 6) is -0.495. The van der Waals surface area contributed by atoms with E-state index in [4.69, 9.17) is 12.3 Å². The van der Waals surface area contributed by atoms with Crippen molar-refractivity contribution in [3.8, 4) is 56.3 Å². The number of pyridine rings is 5. The Balaban J connectivity index is 0.000000132. The molecule has 0 radical (unpaired) electrons. The summed E-state index contributed by atoms with van der Waals surface area (Å²) in [6.07, 6.45) is 10.1. The Kier molecular flexibility index (Phi) is 23.2. The van der Waals surface area contributed by atoms with Gasteiger partial charge in [0.1, 0.15) is 67.5 Å². The zero-order valence-corrected chi connectivity index (χ0v) is 94.1. The van der Waals surface area contributed by atoms with Crippen LogP contribution in [0.2, 0.25) is 52.4 Å². The highest BCUT2D eigenvalue weighted by Gasteiger charge is 2.52. The van der Waals surface area contributed by atoms with Gasteiger partial charge in [-0.15, -0.1) is 0 Å². The first-order chi connectivity index (χ1) is 68.6. The van der Waals surface area contributed by atoms with Gasteiger partial charge in [0, 0.05) is 125 Å². The minimum Gasteiger partial charge on any atom is -0.201 e. The Morgan fingerprint density at radius 1 is 0.237 bits per heavy atom. The molecule has 0 saturated heterocycles. The van der Waals surface area contributed by atoms with Gasteiger partial charge in [-0.1, -0.05) is 352 Å². The molecule has 9 heteroatoms. The van der Waals surface area contributed by atoms with Gasteiger partial charge in [0.05, 0.1) is 5.56 Å². The molecule has 0 spiro atoms. The number of aromatic nitrogens is 5. The molecule has 5 aromatic heterocycles. The molecule has 5 aliphatic rings. The SMILES string of the molecule is Cc1cc(-c2c(C)ccc3c2[Si](C)(C)c2ccccc2C3(C)C)[n+](C)cc1C.Cc1ccc(-c2c(C)ccc3c2C(C)(C)c2ccccc2C3(C)C)[n+](C)c1.[2H]C([2H])([2H])C(C)c1ccc(-c2c(C)ccc3c2[Si](C)(C)c2ccccc2C3(C)C)[n+](C)c1.[2H]C([2H])([2H])c1c[n+](C)c(-c2c(C)ccc3c2[Si](C)(C)c2ccccc2C3(C)C)cc1C.[2H]C([2H])([2H])c1ccc(-c2c(C)ccc3c2[Si](C)(C)c2ccccc2C3(C)C)[n+](C)c1. The molecular weight excluding hydrogens is 1740 g/mol. The summed E-state index contributed by atoms with van der Waals surface area (Å²) in [6, 6.07) is 84.9. The van der Waals surface area contributed by atoms with Gasteiger partial charge in [-0.05, 0) is 227 Å². The highest BCUT2D eigenvalue weighted by molar-refractivity contribution is 7.04. The first kappa shape index (κ1) is 89.2. The number of benzene rings is 10. The first-order valence-electron chi connectivity index (χ1n) is 54.8. The fraction of sp³-hybridized carbons (Fsp3) is 0.346. The van der Waals surface area contributed by atoms with Crippen LogP contribution in [0.5, 0.6) is 0 Å². The maximum atomic E-state index is 7.90. The standard InChI is InChI=1S/C27H34NSi.2C26H32NSi.C26H30N.C25H30NSi/c1-18(2)20-14-16-23(28(6)17-20)25-19(3)13-15-22-26(25)29(7,8)24-12-10-9-11-21(24)27(22,4)5;2*1-17-13-14-21-25(24(17)22-15-18(2)19(3)16-27(22)6)28(7,8)23-12-10-9-11-20(23)26(21,4)5;1-17-12-15-22(27(7)16-17)23-18(2)13-14-21-24(23)26(5,6)20-11-9-8-10-19(20)25(21,3)4;1-17-12-15-21(26(5)16-17)23-18(2)13-14-20-24(23)27(6,7)22-11-9-8-10-19(22)25(20,3)4/h9-18H,1-8H3;2*9-16H,1-8H3;2*8-16H,1-7H3/q5*+1/i1D3;3D3;;;1D3. The third kappa shape index (κ3) is 16.7. The lowest BCUT2D eigenvalue weighted by molar-refractivity contribution is -0.661. The molecule has 4 aliphatic heterocycles. The molecule has 0 fully saturated rings. The minimum absolute atomic E-state index is 0.00678. The molecule has 15 aromatic rings. The minimum atomic E-state index is -2.11. The van der Waals surface area contributed by atoms with Crippen LogP contribution in [0.1, 0.15) is 249 Å². The zero-order chi connectivity index (χ0) is 109. The van der Waals surface area contributed by atoms with Gasteiger partial charge in [-0.3, -0.25) is 0 Å². The highest BCUT2D eigenvalue weighted by Crippen LogP contribution is 2.54. The summed E-state index contributed by atoms with van der Waals surface area (Å²) >= 11 is 0. The summed E-state index contributed by atoms with van der Waals surface area (Å²) in [6.45, 7) is 63.2. The molecular formula is C130H158N5Si4+5. The van der Waals surface area contributed by atoms with Crippen LogP contribution < -0.4 is 64.3 Å². The smallest absolute Gasteiger partial charge is 0.201 e. The van der Waals surface area contributed by atoms with E-state index < -0.39 is 58.8 Å². The number of hydrogen-bond acceptors (Lipinski definition) is 0. The van der Waals surface area contributed by atoms with E-state index in [1.54, 1.807) is 35.8 Å². The van der Waals surface area contributed by atoms with Crippen LogP contribution >= 0.6 is 0 Å².